The van der Waals surface area contributed by atoms with Crippen LogP contribution in [0.1, 0.15) is 49.4 Å². The van der Waals surface area contributed by atoms with Crippen LogP contribution in [0.25, 0.3) is 0 Å². The zero-order valence-electron chi connectivity index (χ0n) is 13.1. The first-order chi connectivity index (χ1) is 9.66. The minimum absolute atomic E-state index is 0.525. The number of hydrogen-bond donors (Lipinski definition) is 1. The SMILES string of the molecule is Cc1c(C2C(CNC3CC3)CCCCN2C)cnn1C. The van der Waals surface area contributed by atoms with Gasteiger partial charge >= 0.3 is 0 Å². The number of likely N-dealkylation sites (tertiary alicyclic amines) is 1. The van der Waals surface area contributed by atoms with Crippen LogP contribution in [0, 0.1) is 12.8 Å². The molecule has 1 aliphatic heterocycles. The van der Waals surface area contributed by atoms with Crippen LogP contribution in [-0.2, 0) is 7.05 Å². The molecule has 1 aromatic rings. The van der Waals surface area contributed by atoms with Crippen LogP contribution in [0.5, 0.6) is 0 Å². The molecule has 0 bridgehead atoms. The van der Waals surface area contributed by atoms with Gasteiger partial charge in [0.2, 0.25) is 0 Å². The summed E-state index contributed by atoms with van der Waals surface area (Å²) in [4.78, 5) is 2.55. The molecule has 2 fully saturated rings. The molecule has 1 saturated heterocycles. The van der Waals surface area contributed by atoms with E-state index in [9.17, 15) is 0 Å². The summed E-state index contributed by atoms with van der Waals surface area (Å²) in [6, 6.07) is 1.33. The van der Waals surface area contributed by atoms with Gasteiger partial charge in [-0.15, -0.1) is 0 Å². The lowest BCUT2D eigenvalue weighted by atomic mass is 9.89. The fourth-order valence-corrected chi connectivity index (χ4v) is 3.54. The minimum Gasteiger partial charge on any atom is -0.314 e. The Labute approximate surface area is 122 Å². The molecule has 1 aromatic heterocycles. The third-order valence-electron chi connectivity index (χ3n) is 5.10. The van der Waals surface area contributed by atoms with E-state index in [0.717, 1.165) is 12.6 Å². The van der Waals surface area contributed by atoms with Crippen molar-refractivity contribution < 1.29 is 0 Å². The average molecular weight is 276 g/mol. The second-order valence-electron chi connectivity index (χ2n) is 6.67. The van der Waals surface area contributed by atoms with Crippen LogP contribution in [-0.4, -0.2) is 40.9 Å². The van der Waals surface area contributed by atoms with Crippen molar-refractivity contribution in [3.8, 4) is 0 Å². The van der Waals surface area contributed by atoms with E-state index in [1.807, 2.05) is 11.7 Å². The van der Waals surface area contributed by atoms with Crippen LogP contribution in [0.3, 0.4) is 0 Å². The molecule has 0 spiro atoms. The van der Waals surface area contributed by atoms with Crippen molar-refractivity contribution in [1.82, 2.24) is 20.0 Å². The molecule has 2 aliphatic rings. The summed E-state index contributed by atoms with van der Waals surface area (Å²) >= 11 is 0. The van der Waals surface area contributed by atoms with Crippen molar-refractivity contribution in [2.24, 2.45) is 13.0 Å². The summed E-state index contributed by atoms with van der Waals surface area (Å²) in [7, 11) is 4.33. The Morgan fingerprint density at radius 1 is 1.25 bits per heavy atom. The lowest BCUT2D eigenvalue weighted by molar-refractivity contribution is 0.188. The number of nitrogens with zero attached hydrogens (tertiary/aromatic N) is 3. The molecule has 2 atom stereocenters. The van der Waals surface area contributed by atoms with Gasteiger partial charge in [0.15, 0.2) is 0 Å². The van der Waals surface area contributed by atoms with Crippen molar-refractivity contribution in [1.29, 1.82) is 0 Å². The molecular formula is C16H28N4. The van der Waals surface area contributed by atoms with E-state index in [1.54, 1.807) is 0 Å². The van der Waals surface area contributed by atoms with Gasteiger partial charge in [0.05, 0.1) is 6.20 Å². The van der Waals surface area contributed by atoms with Gasteiger partial charge in [-0.2, -0.15) is 5.10 Å². The maximum atomic E-state index is 4.47. The first kappa shape index (κ1) is 14.1. The third-order valence-corrected chi connectivity index (χ3v) is 5.10. The second kappa shape index (κ2) is 5.86. The summed E-state index contributed by atoms with van der Waals surface area (Å²) < 4.78 is 2.01. The van der Waals surface area contributed by atoms with Crippen molar-refractivity contribution in [2.45, 2.75) is 51.1 Å². The Morgan fingerprint density at radius 3 is 2.70 bits per heavy atom. The van der Waals surface area contributed by atoms with Gasteiger partial charge in [-0.3, -0.25) is 9.58 Å². The fourth-order valence-electron chi connectivity index (χ4n) is 3.54. The molecule has 2 heterocycles. The summed E-state index contributed by atoms with van der Waals surface area (Å²) in [5, 5.41) is 8.21. The fraction of sp³-hybridized carbons (Fsp3) is 0.812. The van der Waals surface area contributed by atoms with Crippen molar-refractivity contribution in [3.63, 3.8) is 0 Å². The van der Waals surface area contributed by atoms with E-state index in [1.165, 1.54) is 49.9 Å². The van der Waals surface area contributed by atoms with Crippen molar-refractivity contribution in [2.75, 3.05) is 20.1 Å². The highest BCUT2D eigenvalue weighted by atomic mass is 15.3. The molecule has 0 radical (unpaired) electrons. The molecule has 0 amide bonds. The number of rotatable bonds is 4. The summed E-state index contributed by atoms with van der Waals surface area (Å²) in [5.74, 6) is 0.714. The van der Waals surface area contributed by atoms with Gasteiger partial charge in [-0.1, -0.05) is 6.42 Å². The van der Waals surface area contributed by atoms with Crippen molar-refractivity contribution in [3.05, 3.63) is 17.5 Å². The number of aromatic nitrogens is 2. The Balaban J connectivity index is 1.81. The first-order valence-electron chi connectivity index (χ1n) is 8.09. The summed E-state index contributed by atoms with van der Waals surface area (Å²) in [6.07, 6.45) is 8.86. The number of nitrogens with one attached hydrogen (secondary N) is 1. The van der Waals surface area contributed by atoms with Crippen LogP contribution in [0.2, 0.25) is 0 Å². The Hall–Kier alpha value is -0.870. The quantitative estimate of drug-likeness (QED) is 0.915. The van der Waals surface area contributed by atoms with Crippen LogP contribution in [0.15, 0.2) is 6.20 Å². The number of aryl methyl sites for hydroxylation is 1. The topological polar surface area (TPSA) is 33.1 Å². The molecule has 112 valence electrons. The molecule has 20 heavy (non-hydrogen) atoms. The van der Waals surface area contributed by atoms with Gasteiger partial charge in [0, 0.05) is 36.9 Å². The molecule has 4 nitrogen and oxygen atoms in total. The molecule has 0 aromatic carbocycles. The van der Waals surface area contributed by atoms with E-state index in [2.05, 4.69) is 35.5 Å². The maximum Gasteiger partial charge on any atom is 0.0540 e. The molecule has 1 saturated carbocycles. The van der Waals surface area contributed by atoms with E-state index in [0.29, 0.717) is 12.0 Å². The molecule has 4 heteroatoms. The normalized spacial score (nSPS) is 28.6. The minimum atomic E-state index is 0.525. The van der Waals surface area contributed by atoms with Gasteiger partial charge in [-0.25, -0.2) is 0 Å². The monoisotopic (exact) mass is 276 g/mol. The van der Waals surface area contributed by atoms with Gasteiger partial charge < -0.3 is 5.32 Å². The van der Waals surface area contributed by atoms with Crippen LogP contribution < -0.4 is 5.32 Å². The van der Waals surface area contributed by atoms with Crippen LogP contribution in [0.4, 0.5) is 0 Å². The number of hydrogen-bond acceptors (Lipinski definition) is 3. The largest absolute Gasteiger partial charge is 0.314 e. The molecule has 2 unspecified atom stereocenters. The third kappa shape index (κ3) is 2.91. The molecular weight excluding hydrogens is 248 g/mol. The molecule has 1 N–H and O–H groups in total. The maximum absolute atomic E-state index is 4.47. The predicted octanol–water partition coefficient (Wildman–Crippen LogP) is 2.25. The van der Waals surface area contributed by atoms with Crippen LogP contribution >= 0.6 is 0 Å². The van der Waals surface area contributed by atoms with E-state index < -0.39 is 0 Å². The van der Waals surface area contributed by atoms with Crippen molar-refractivity contribution >= 4 is 0 Å². The highest BCUT2D eigenvalue weighted by Gasteiger charge is 2.32. The van der Waals surface area contributed by atoms with Gasteiger partial charge in [0.25, 0.3) is 0 Å². The molecule has 3 rings (SSSR count). The first-order valence-corrected chi connectivity index (χ1v) is 8.09. The molecule has 1 aliphatic carbocycles. The zero-order chi connectivity index (χ0) is 14.1. The predicted molar refractivity (Wildman–Crippen MR) is 81.7 cm³/mol. The Kier molecular flexibility index (Phi) is 4.13. The van der Waals surface area contributed by atoms with E-state index in [4.69, 9.17) is 0 Å². The Bertz CT molecular complexity index is 449. The smallest absolute Gasteiger partial charge is 0.0540 e. The van der Waals surface area contributed by atoms with E-state index >= 15 is 0 Å². The summed E-state index contributed by atoms with van der Waals surface area (Å²) in [5.41, 5.74) is 2.75. The highest BCUT2D eigenvalue weighted by Crippen LogP contribution is 2.35. The second-order valence-corrected chi connectivity index (χ2v) is 6.67. The summed E-state index contributed by atoms with van der Waals surface area (Å²) in [6.45, 7) is 4.57. The van der Waals surface area contributed by atoms with E-state index in [-0.39, 0.29) is 0 Å². The standard InChI is InChI=1S/C16H28N4/c1-12-15(11-18-20(12)3)16-13(10-17-14-7-8-14)6-4-5-9-19(16)2/h11,13-14,16-17H,4-10H2,1-3H3. The highest BCUT2D eigenvalue weighted by molar-refractivity contribution is 5.22. The average Bonchev–Trinajstić information content (AvgIpc) is 3.22. The lowest BCUT2D eigenvalue weighted by Crippen LogP contribution is -2.35. The van der Waals surface area contributed by atoms with Gasteiger partial charge in [-0.05, 0) is 52.1 Å². The van der Waals surface area contributed by atoms with Gasteiger partial charge in [0.1, 0.15) is 0 Å². The lowest BCUT2D eigenvalue weighted by Gasteiger charge is -2.32. The Morgan fingerprint density at radius 2 is 2.05 bits per heavy atom. The zero-order valence-corrected chi connectivity index (χ0v) is 13.1.